The van der Waals surface area contributed by atoms with Gasteiger partial charge in [-0.05, 0) is 48.0 Å². The van der Waals surface area contributed by atoms with Gasteiger partial charge in [0.1, 0.15) is 0 Å². The maximum atomic E-state index is 12.9. The molecule has 144 valence electrons. The molecule has 1 amide bonds. The van der Waals surface area contributed by atoms with E-state index < -0.39 is 10.0 Å². The SMILES string of the molecule is CN(c1ccccc1)S(=O)(=O)c1cccc(C(=O)NCc2ccc(Cl)cc2)c1. The summed E-state index contributed by atoms with van der Waals surface area (Å²) in [5.41, 5.74) is 1.71. The van der Waals surface area contributed by atoms with Crippen molar-refractivity contribution < 1.29 is 13.2 Å². The van der Waals surface area contributed by atoms with Crippen molar-refractivity contribution in [1.82, 2.24) is 5.32 Å². The van der Waals surface area contributed by atoms with Crippen molar-refractivity contribution in [2.75, 3.05) is 11.4 Å². The van der Waals surface area contributed by atoms with Gasteiger partial charge in [0.2, 0.25) is 0 Å². The summed E-state index contributed by atoms with van der Waals surface area (Å²) in [7, 11) is -2.30. The number of hydrogen-bond donors (Lipinski definition) is 1. The van der Waals surface area contributed by atoms with Crippen LogP contribution >= 0.6 is 11.6 Å². The fourth-order valence-corrected chi connectivity index (χ4v) is 3.99. The van der Waals surface area contributed by atoms with Crippen LogP contribution in [-0.2, 0) is 16.6 Å². The fourth-order valence-electron chi connectivity index (χ4n) is 2.62. The number of amides is 1. The van der Waals surface area contributed by atoms with E-state index in [9.17, 15) is 13.2 Å². The molecule has 0 aliphatic heterocycles. The minimum Gasteiger partial charge on any atom is -0.348 e. The first-order valence-corrected chi connectivity index (χ1v) is 10.4. The number of benzene rings is 3. The van der Waals surface area contributed by atoms with E-state index >= 15 is 0 Å². The van der Waals surface area contributed by atoms with Crippen molar-refractivity contribution in [3.8, 4) is 0 Å². The number of carbonyl (C=O) groups excluding carboxylic acids is 1. The molecule has 0 spiro atoms. The Morgan fingerprint density at radius 2 is 1.64 bits per heavy atom. The molecular weight excluding hydrogens is 396 g/mol. The van der Waals surface area contributed by atoms with Crippen LogP contribution in [0.5, 0.6) is 0 Å². The molecule has 0 aromatic heterocycles. The highest BCUT2D eigenvalue weighted by Gasteiger charge is 2.22. The van der Waals surface area contributed by atoms with Gasteiger partial charge in [0.05, 0.1) is 10.6 Å². The molecule has 1 N–H and O–H groups in total. The van der Waals surface area contributed by atoms with Crippen molar-refractivity contribution in [3.63, 3.8) is 0 Å². The zero-order valence-electron chi connectivity index (χ0n) is 15.2. The number of sulfonamides is 1. The standard InChI is InChI=1S/C21H19ClN2O3S/c1-24(19-7-3-2-4-8-19)28(26,27)20-9-5-6-17(14-20)21(25)23-15-16-10-12-18(22)13-11-16/h2-14H,15H2,1H3,(H,23,25). The van der Waals surface area contributed by atoms with Crippen LogP contribution in [-0.4, -0.2) is 21.4 Å². The zero-order valence-corrected chi connectivity index (χ0v) is 16.7. The summed E-state index contributed by atoms with van der Waals surface area (Å²) in [6.45, 7) is 0.316. The first-order valence-electron chi connectivity index (χ1n) is 8.54. The second-order valence-electron chi connectivity index (χ2n) is 6.15. The Morgan fingerprint density at radius 3 is 2.32 bits per heavy atom. The van der Waals surface area contributed by atoms with E-state index in [-0.39, 0.29) is 16.4 Å². The molecule has 28 heavy (non-hydrogen) atoms. The van der Waals surface area contributed by atoms with Gasteiger partial charge in [-0.2, -0.15) is 0 Å². The Balaban J connectivity index is 1.77. The molecule has 0 saturated heterocycles. The second-order valence-corrected chi connectivity index (χ2v) is 8.55. The minimum absolute atomic E-state index is 0.0537. The van der Waals surface area contributed by atoms with Crippen molar-refractivity contribution in [2.45, 2.75) is 11.4 Å². The summed E-state index contributed by atoms with van der Waals surface area (Å²) >= 11 is 5.85. The molecule has 0 bridgehead atoms. The molecule has 0 saturated carbocycles. The monoisotopic (exact) mass is 414 g/mol. The molecule has 0 aliphatic carbocycles. The Labute approximate surface area is 169 Å². The van der Waals surface area contributed by atoms with E-state index in [4.69, 9.17) is 11.6 Å². The number of halogens is 1. The molecule has 0 aliphatic rings. The van der Waals surface area contributed by atoms with Crippen LogP contribution in [0, 0.1) is 0 Å². The first-order chi connectivity index (χ1) is 13.4. The molecule has 7 heteroatoms. The number of anilines is 1. The highest BCUT2D eigenvalue weighted by atomic mass is 35.5. The van der Waals surface area contributed by atoms with Gasteiger partial charge in [-0.1, -0.05) is 48.0 Å². The summed E-state index contributed by atoms with van der Waals surface area (Å²) in [5.74, 6) is -0.352. The van der Waals surface area contributed by atoms with Crippen LogP contribution in [0.1, 0.15) is 15.9 Å². The quantitative estimate of drug-likeness (QED) is 0.660. The average Bonchev–Trinajstić information content (AvgIpc) is 2.73. The van der Waals surface area contributed by atoms with E-state index in [1.165, 1.54) is 23.5 Å². The third-order valence-electron chi connectivity index (χ3n) is 4.24. The lowest BCUT2D eigenvalue weighted by Crippen LogP contribution is -2.27. The van der Waals surface area contributed by atoms with Crippen LogP contribution in [0.3, 0.4) is 0 Å². The summed E-state index contributed by atoms with van der Waals surface area (Å²) in [4.78, 5) is 12.5. The third kappa shape index (κ3) is 4.52. The molecule has 0 radical (unpaired) electrons. The average molecular weight is 415 g/mol. The number of nitrogens with zero attached hydrogens (tertiary/aromatic N) is 1. The van der Waals surface area contributed by atoms with Crippen molar-refractivity contribution in [2.24, 2.45) is 0 Å². The summed E-state index contributed by atoms with van der Waals surface area (Å²) < 4.78 is 27.0. The van der Waals surface area contributed by atoms with E-state index in [1.807, 2.05) is 18.2 Å². The van der Waals surface area contributed by atoms with Crippen LogP contribution in [0.15, 0.2) is 83.8 Å². The van der Waals surface area contributed by atoms with Gasteiger partial charge in [0.15, 0.2) is 0 Å². The highest BCUT2D eigenvalue weighted by Crippen LogP contribution is 2.22. The molecule has 3 aromatic rings. The Morgan fingerprint density at radius 1 is 0.964 bits per heavy atom. The largest absolute Gasteiger partial charge is 0.348 e. The Bertz CT molecular complexity index is 1070. The number of para-hydroxylation sites is 1. The van der Waals surface area contributed by atoms with Crippen molar-refractivity contribution in [3.05, 3.63) is 95.0 Å². The van der Waals surface area contributed by atoms with E-state index in [0.717, 1.165) is 5.56 Å². The number of nitrogens with one attached hydrogen (secondary N) is 1. The van der Waals surface area contributed by atoms with Crippen LogP contribution in [0.25, 0.3) is 0 Å². The molecule has 0 unspecified atom stereocenters. The Hall–Kier alpha value is -2.83. The van der Waals surface area contributed by atoms with Gasteiger partial charge < -0.3 is 5.32 Å². The topological polar surface area (TPSA) is 66.5 Å². The zero-order chi connectivity index (χ0) is 20.1. The predicted molar refractivity (Wildman–Crippen MR) is 111 cm³/mol. The van der Waals surface area contributed by atoms with Crippen LogP contribution < -0.4 is 9.62 Å². The summed E-state index contributed by atoms with van der Waals surface area (Å²) in [6.07, 6.45) is 0. The lowest BCUT2D eigenvalue weighted by Gasteiger charge is -2.19. The normalized spacial score (nSPS) is 11.1. The first kappa shape index (κ1) is 19.9. The van der Waals surface area contributed by atoms with Gasteiger partial charge in [0.25, 0.3) is 15.9 Å². The van der Waals surface area contributed by atoms with Crippen molar-refractivity contribution >= 4 is 33.2 Å². The lowest BCUT2D eigenvalue weighted by atomic mass is 10.2. The molecule has 3 aromatic carbocycles. The predicted octanol–water partition coefficient (Wildman–Crippen LogP) is 4.10. The highest BCUT2D eigenvalue weighted by molar-refractivity contribution is 7.92. The maximum absolute atomic E-state index is 12.9. The third-order valence-corrected chi connectivity index (χ3v) is 6.27. The molecule has 3 rings (SSSR count). The molecule has 5 nitrogen and oxygen atoms in total. The molecular formula is C21H19ClN2O3S. The van der Waals surface area contributed by atoms with Crippen molar-refractivity contribution in [1.29, 1.82) is 0 Å². The van der Waals surface area contributed by atoms with Gasteiger partial charge in [-0.25, -0.2) is 8.42 Å². The minimum atomic E-state index is -3.78. The number of carbonyl (C=O) groups is 1. The van der Waals surface area contributed by atoms with E-state index in [1.54, 1.807) is 48.5 Å². The summed E-state index contributed by atoms with van der Waals surface area (Å²) in [6, 6.07) is 21.9. The van der Waals surface area contributed by atoms with E-state index in [0.29, 0.717) is 17.3 Å². The smallest absolute Gasteiger partial charge is 0.264 e. The van der Waals surface area contributed by atoms with Gasteiger partial charge in [0, 0.05) is 24.2 Å². The van der Waals surface area contributed by atoms with Gasteiger partial charge in [-0.15, -0.1) is 0 Å². The van der Waals surface area contributed by atoms with Gasteiger partial charge in [-0.3, -0.25) is 9.10 Å². The summed E-state index contributed by atoms with van der Waals surface area (Å²) in [5, 5.41) is 3.40. The fraction of sp³-hybridized carbons (Fsp3) is 0.0952. The maximum Gasteiger partial charge on any atom is 0.264 e. The molecule has 0 heterocycles. The van der Waals surface area contributed by atoms with Crippen LogP contribution in [0.4, 0.5) is 5.69 Å². The van der Waals surface area contributed by atoms with Gasteiger partial charge >= 0.3 is 0 Å². The van der Waals surface area contributed by atoms with E-state index in [2.05, 4.69) is 5.32 Å². The second kappa shape index (κ2) is 8.46. The van der Waals surface area contributed by atoms with Crippen LogP contribution in [0.2, 0.25) is 5.02 Å². The Kier molecular flexibility index (Phi) is 6.02. The number of hydrogen-bond acceptors (Lipinski definition) is 3. The molecule has 0 atom stereocenters. The molecule has 0 fully saturated rings. The number of rotatable bonds is 6. The lowest BCUT2D eigenvalue weighted by molar-refractivity contribution is 0.0950.